The van der Waals surface area contributed by atoms with E-state index >= 15 is 0 Å². The van der Waals surface area contributed by atoms with Crippen LogP contribution in [0, 0.1) is 29.1 Å². The first-order valence-electron chi connectivity index (χ1n) is 11.6. The molecule has 0 amide bonds. The second-order valence-electron chi connectivity index (χ2n) is 8.28. The summed E-state index contributed by atoms with van der Waals surface area (Å²) in [7, 11) is 0. The minimum Gasteiger partial charge on any atom is -0.491 e. The topological polar surface area (TPSA) is 18.5 Å². The van der Waals surface area contributed by atoms with Crippen LogP contribution >= 0.6 is 0 Å². The number of halogens is 5. The number of ether oxygens (including phenoxy) is 2. The van der Waals surface area contributed by atoms with Crippen LogP contribution in [0.2, 0.25) is 0 Å². The second kappa shape index (κ2) is 10.5. The van der Waals surface area contributed by atoms with Gasteiger partial charge in [0, 0.05) is 16.7 Å². The lowest BCUT2D eigenvalue weighted by Gasteiger charge is -2.23. The summed E-state index contributed by atoms with van der Waals surface area (Å²) in [5.74, 6) is -5.34. The maximum Gasteiger partial charge on any atom is 0.201 e. The van der Waals surface area contributed by atoms with E-state index in [2.05, 4.69) is 0 Å². The van der Waals surface area contributed by atoms with Crippen LogP contribution in [0.15, 0.2) is 48.5 Å². The SMILES string of the molecule is CCOc1ccc(C2=CCC(c3ccc(-c4ccc(OCC)c(F)c4F)c(F)c3)CC2)c(F)c1F. The van der Waals surface area contributed by atoms with Crippen molar-refractivity contribution in [3.8, 4) is 22.6 Å². The molecule has 1 atom stereocenters. The third-order valence-electron chi connectivity index (χ3n) is 6.21. The van der Waals surface area contributed by atoms with Gasteiger partial charge in [0.2, 0.25) is 11.6 Å². The molecule has 1 aliphatic carbocycles. The lowest BCUT2D eigenvalue weighted by molar-refractivity contribution is 0.314. The summed E-state index contributed by atoms with van der Waals surface area (Å²) in [5, 5.41) is 0. The average Bonchev–Trinajstić information content (AvgIpc) is 2.86. The van der Waals surface area contributed by atoms with E-state index in [9.17, 15) is 22.0 Å². The van der Waals surface area contributed by atoms with Crippen molar-refractivity contribution in [2.45, 2.75) is 39.0 Å². The Morgan fingerprint density at radius 1 is 0.714 bits per heavy atom. The summed E-state index contributed by atoms with van der Waals surface area (Å²) < 4.78 is 82.7. The molecule has 0 fully saturated rings. The maximum atomic E-state index is 15.0. The molecule has 1 unspecified atom stereocenters. The Morgan fingerprint density at radius 3 is 1.83 bits per heavy atom. The highest BCUT2D eigenvalue weighted by Crippen LogP contribution is 2.39. The lowest BCUT2D eigenvalue weighted by atomic mass is 9.82. The van der Waals surface area contributed by atoms with Crippen molar-refractivity contribution in [2.24, 2.45) is 0 Å². The van der Waals surface area contributed by atoms with Crippen LogP contribution in [0.4, 0.5) is 22.0 Å². The zero-order chi connectivity index (χ0) is 25.1. The zero-order valence-electron chi connectivity index (χ0n) is 19.4. The highest BCUT2D eigenvalue weighted by molar-refractivity contribution is 5.69. The van der Waals surface area contributed by atoms with Crippen LogP contribution in [-0.2, 0) is 0 Å². The van der Waals surface area contributed by atoms with Crippen LogP contribution in [0.5, 0.6) is 11.5 Å². The van der Waals surface area contributed by atoms with Crippen molar-refractivity contribution >= 4 is 5.57 Å². The minimum atomic E-state index is -1.17. The molecule has 0 saturated carbocycles. The van der Waals surface area contributed by atoms with Crippen LogP contribution in [0.3, 0.4) is 0 Å². The van der Waals surface area contributed by atoms with Gasteiger partial charge in [-0.2, -0.15) is 8.78 Å². The molecule has 7 heteroatoms. The zero-order valence-corrected chi connectivity index (χ0v) is 19.4. The van der Waals surface area contributed by atoms with Gasteiger partial charge in [-0.3, -0.25) is 0 Å². The van der Waals surface area contributed by atoms with Gasteiger partial charge < -0.3 is 9.47 Å². The van der Waals surface area contributed by atoms with Gasteiger partial charge in [-0.25, -0.2) is 13.2 Å². The summed E-state index contributed by atoms with van der Waals surface area (Å²) >= 11 is 0. The summed E-state index contributed by atoms with van der Waals surface area (Å²) in [6, 6.07) is 9.94. The van der Waals surface area contributed by atoms with E-state index in [1.807, 2.05) is 6.08 Å². The Kier molecular flexibility index (Phi) is 7.43. The molecule has 2 nitrogen and oxygen atoms in total. The number of rotatable bonds is 7. The summed E-state index contributed by atoms with van der Waals surface area (Å²) in [6.07, 6.45) is 3.43. The van der Waals surface area contributed by atoms with Gasteiger partial charge in [0.15, 0.2) is 23.1 Å². The fourth-order valence-electron chi connectivity index (χ4n) is 4.44. The molecule has 0 aromatic heterocycles. The molecule has 184 valence electrons. The normalized spacial score (nSPS) is 15.6. The Labute approximate surface area is 201 Å². The van der Waals surface area contributed by atoms with Crippen molar-refractivity contribution in [3.05, 3.63) is 88.8 Å². The van der Waals surface area contributed by atoms with Gasteiger partial charge in [-0.05, 0) is 80.5 Å². The predicted molar refractivity (Wildman–Crippen MR) is 125 cm³/mol. The molecule has 3 aromatic rings. The molecule has 0 radical (unpaired) electrons. The van der Waals surface area contributed by atoms with Gasteiger partial charge in [-0.15, -0.1) is 0 Å². The van der Waals surface area contributed by atoms with Crippen LogP contribution in [0.25, 0.3) is 16.7 Å². The van der Waals surface area contributed by atoms with Crippen LogP contribution < -0.4 is 9.47 Å². The van der Waals surface area contributed by atoms with Crippen molar-refractivity contribution in [2.75, 3.05) is 13.2 Å². The quantitative estimate of drug-likeness (QED) is 0.312. The van der Waals surface area contributed by atoms with Gasteiger partial charge in [-0.1, -0.05) is 18.2 Å². The first kappa shape index (κ1) is 24.8. The smallest absolute Gasteiger partial charge is 0.201 e. The Balaban J connectivity index is 1.54. The van der Waals surface area contributed by atoms with Crippen LogP contribution in [-0.4, -0.2) is 13.2 Å². The Bertz CT molecular complexity index is 1270. The third kappa shape index (κ3) is 4.90. The van der Waals surface area contributed by atoms with Crippen molar-refractivity contribution < 1.29 is 31.4 Å². The van der Waals surface area contributed by atoms with E-state index in [-0.39, 0.29) is 47.3 Å². The molecule has 0 aliphatic heterocycles. The standard InChI is InChI=1S/C28H25F5O2/c1-3-34-23-13-11-19(25(30)27(23)32)17-7-5-16(6-8-17)18-9-10-20(22(29)15-18)21-12-14-24(35-4-2)28(33)26(21)31/h7,9-16H,3-6,8H2,1-2H3. The fourth-order valence-corrected chi connectivity index (χ4v) is 4.44. The van der Waals surface area contributed by atoms with Gasteiger partial charge in [0.1, 0.15) is 5.82 Å². The first-order chi connectivity index (χ1) is 16.8. The number of hydrogen-bond donors (Lipinski definition) is 0. The van der Waals surface area contributed by atoms with Crippen molar-refractivity contribution in [3.63, 3.8) is 0 Å². The van der Waals surface area contributed by atoms with E-state index in [1.165, 1.54) is 36.4 Å². The Hall–Kier alpha value is -3.35. The van der Waals surface area contributed by atoms with Gasteiger partial charge >= 0.3 is 0 Å². The van der Waals surface area contributed by atoms with Crippen LogP contribution in [0.1, 0.15) is 50.2 Å². The molecule has 1 aliphatic rings. The van der Waals surface area contributed by atoms with E-state index in [0.29, 0.717) is 30.4 Å². The number of benzene rings is 3. The van der Waals surface area contributed by atoms with E-state index < -0.39 is 29.1 Å². The number of allylic oxidation sites excluding steroid dienone is 2. The molecule has 3 aromatic carbocycles. The predicted octanol–water partition coefficient (Wildman–Crippen LogP) is 8.20. The molecule has 0 spiro atoms. The van der Waals surface area contributed by atoms with E-state index in [0.717, 1.165) is 0 Å². The first-order valence-corrected chi connectivity index (χ1v) is 11.6. The summed E-state index contributed by atoms with van der Waals surface area (Å²) in [5.41, 5.74) is 1.34. The van der Waals surface area contributed by atoms with Crippen molar-refractivity contribution in [1.82, 2.24) is 0 Å². The second-order valence-corrected chi connectivity index (χ2v) is 8.28. The van der Waals surface area contributed by atoms with E-state index in [1.54, 1.807) is 19.9 Å². The molecule has 4 rings (SSSR count). The van der Waals surface area contributed by atoms with Crippen molar-refractivity contribution in [1.29, 1.82) is 0 Å². The molecule has 0 N–H and O–H groups in total. The minimum absolute atomic E-state index is 0.0418. The largest absolute Gasteiger partial charge is 0.491 e. The molecular formula is C28H25F5O2. The summed E-state index contributed by atoms with van der Waals surface area (Å²) in [4.78, 5) is 0. The highest BCUT2D eigenvalue weighted by atomic mass is 19.2. The molecule has 0 saturated heterocycles. The average molecular weight is 488 g/mol. The molecule has 35 heavy (non-hydrogen) atoms. The molecule has 0 heterocycles. The number of hydrogen-bond acceptors (Lipinski definition) is 2. The maximum absolute atomic E-state index is 15.0. The summed E-state index contributed by atoms with van der Waals surface area (Å²) in [6.45, 7) is 3.75. The Morgan fingerprint density at radius 2 is 1.29 bits per heavy atom. The monoisotopic (exact) mass is 488 g/mol. The molecular weight excluding hydrogens is 463 g/mol. The third-order valence-corrected chi connectivity index (χ3v) is 6.21. The molecule has 0 bridgehead atoms. The fraction of sp³-hybridized carbons (Fsp3) is 0.286. The van der Waals surface area contributed by atoms with E-state index in [4.69, 9.17) is 9.47 Å². The lowest BCUT2D eigenvalue weighted by Crippen LogP contribution is -2.07. The highest BCUT2D eigenvalue weighted by Gasteiger charge is 2.23. The van der Waals surface area contributed by atoms with Gasteiger partial charge in [0.05, 0.1) is 13.2 Å². The van der Waals surface area contributed by atoms with Gasteiger partial charge in [0.25, 0.3) is 0 Å².